The van der Waals surface area contributed by atoms with Crippen LogP contribution in [0, 0.1) is 44.8 Å². The molecule has 1 aliphatic carbocycles. The van der Waals surface area contributed by atoms with Gasteiger partial charge in [-0.1, -0.05) is 31.1 Å². The van der Waals surface area contributed by atoms with Crippen LogP contribution in [-0.2, 0) is 14.5 Å². The molecule has 1 fully saturated rings. The highest BCUT2D eigenvalue weighted by molar-refractivity contribution is 6.08. The maximum absolute atomic E-state index is 13.1. The van der Waals surface area contributed by atoms with Crippen LogP contribution in [-0.4, -0.2) is 29.0 Å². The van der Waals surface area contributed by atoms with E-state index in [1.807, 2.05) is 6.07 Å². The van der Waals surface area contributed by atoms with Crippen molar-refractivity contribution in [1.29, 1.82) is 10.5 Å². The van der Waals surface area contributed by atoms with E-state index in [1.54, 1.807) is 48.5 Å². The number of nitrogens with zero attached hydrogens (tertiary/aromatic N) is 5. The quantitative estimate of drug-likeness (QED) is 0.444. The maximum Gasteiger partial charge on any atom is 0.421 e. The first-order chi connectivity index (χ1) is 12.4. The van der Waals surface area contributed by atoms with Gasteiger partial charge in [0.25, 0.3) is 0 Å². The van der Waals surface area contributed by atoms with Crippen molar-refractivity contribution in [3.63, 3.8) is 0 Å². The predicted molar refractivity (Wildman–Crippen MR) is 98.1 cm³/mol. The summed E-state index contributed by atoms with van der Waals surface area (Å²) in [5, 5.41) is 27.7. The molecule has 0 aromatic heterocycles. The third-order valence-corrected chi connectivity index (χ3v) is 4.63. The zero-order valence-electron chi connectivity index (χ0n) is 16.6. The molecule has 0 aromatic rings. The van der Waals surface area contributed by atoms with Gasteiger partial charge in [0.1, 0.15) is 11.6 Å². The minimum Gasteiger partial charge on any atom is -0.386 e. The van der Waals surface area contributed by atoms with Crippen molar-refractivity contribution in [2.45, 2.75) is 54.4 Å². The van der Waals surface area contributed by atoms with Crippen LogP contribution < -0.4 is 5.73 Å². The third-order valence-electron chi connectivity index (χ3n) is 4.63. The van der Waals surface area contributed by atoms with Crippen LogP contribution in [0.1, 0.15) is 48.5 Å². The van der Waals surface area contributed by atoms with E-state index < -0.39 is 28.1 Å². The Bertz CT molecular complexity index is 826. The second-order valence-corrected chi connectivity index (χ2v) is 8.23. The molecule has 0 radical (unpaired) electrons. The number of hydrogen-bond acceptors (Lipinski definition) is 9. The van der Waals surface area contributed by atoms with Gasteiger partial charge in [-0.25, -0.2) is 0 Å². The number of fused-ring (bicyclic) bond motifs is 1. The van der Waals surface area contributed by atoms with Gasteiger partial charge in [-0.2, -0.15) is 15.5 Å². The number of amidine groups is 1. The molecule has 0 amide bonds. The van der Waals surface area contributed by atoms with E-state index in [0.717, 1.165) is 0 Å². The SMILES string of the molecule is CC(C)=NOC1(ON=C(C)C)N=C(N)[C@]2(C#N)[C@H](C(=O)C(C)(C)C)[C@]12C#N. The number of oxime groups is 2. The maximum atomic E-state index is 13.1. The highest BCUT2D eigenvalue weighted by atomic mass is 16.8. The second-order valence-electron chi connectivity index (χ2n) is 8.23. The van der Waals surface area contributed by atoms with E-state index in [4.69, 9.17) is 15.4 Å². The predicted octanol–water partition coefficient (Wildman–Crippen LogP) is 2.10. The van der Waals surface area contributed by atoms with E-state index in [-0.39, 0.29) is 11.6 Å². The second kappa shape index (κ2) is 6.05. The van der Waals surface area contributed by atoms with E-state index >= 15 is 0 Å². The van der Waals surface area contributed by atoms with E-state index in [0.29, 0.717) is 11.4 Å². The molecule has 27 heavy (non-hydrogen) atoms. The fraction of sp³-hybridized carbons (Fsp3) is 0.667. The molecule has 0 unspecified atom stereocenters. The molecule has 9 heteroatoms. The summed E-state index contributed by atoms with van der Waals surface area (Å²) in [6, 6.07) is 4.08. The number of nitrogens with two attached hydrogens (primary N) is 1. The van der Waals surface area contributed by atoms with Crippen molar-refractivity contribution < 1.29 is 14.5 Å². The van der Waals surface area contributed by atoms with E-state index in [2.05, 4.69) is 21.4 Å². The van der Waals surface area contributed by atoms with Gasteiger partial charge in [-0.05, 0) is 27.7 Å². The van der Waals surface area contributed by atoms with Crippen molar-refractivity contribution in [3.05, 3.63) is 0 Å². The molecule has 2 aliphatic rings. The lowest BCUT2D eigenvalue weighted by atomic mass is 9.84. The molecular weight excluding hydrogens is 348 g/mol. The average Bonchev–Trinajstić information content (AvgIpc) is 3.13. The van der Waals surface area contributed by atoms with Gasteiger partial charge < -0.3 is 15.4 Å². The van der Waals surface area contributed by atoms with Crippen LogP contribution in [0.25, 0.3) is 0 Å². The Labute approximate surface area is 158 Å². The van der Waals surface area contributed by atoms with Crippen molar-refractivity contribution in [1.82, 2.24) is 0 Å². The standard InChI is InChI=1S/C18H24N6O3/c1-10(2)23-26-18(27-24-11(3)4)17(9-20)12(13(25)15(5,6)7)16(17,8-19)14(21)22-18/h12H,1-7H3,(H2,21,22)/t12-,16-,17-/m0/s1. The summed E-state index contributed by atoms with van der Waals surface area (Å²) in [5.74, 6) is -3.70. The molecule has 0 spiro atoms. The molecule has 1 saturated carbocycles. The Hall–Kier alpha value is -2.94. The molecule has 1 aliphatic heterocycles. The monoisotopic (exact) mass is 372 g/mol. The molecule has 3 atom stereocenters. The molecule has 0 saturated heterocycles. The molecule has 0 aromatic carbocycles. The third kappa shape index (κ3) is 2.49. The van der Waals surface area contributed by atoms with Gasteiger partial charge in [0.15, 0.2) is 10.8 Å². The van der Waals surface area contributed by atoms with E-state index in [1.165, 1.54) is 0 Å². The van der Waals surface area contributed by atoms with Gasteiger partial charge in [0, 0.05) is 5.41 Å². The number of Topliss-reactive ketones (excluding diaryl/α,β-unsaturated/α-hetero) is 1. The summed E-state index contributed by atoms with van der Waals surface area (Å²) >= 11 is 0. The number of hydrogen-bond donors (Lipinski definition) is 1. The zero-order valence-corrected chi connectivity index (χ0v) is 16.6. The van der Waals surface area contributed by atoms with Crippen LogP contribution in [0.4, 0.5) is 0 Å². The van der Waals surface area contributed by atoms with Crippen LogP contribution in [0.2, 0.25) is 0 Å². The average molecular weight is 372 g/mol. The Morgan fingerprint density at radius 3 is 1.93 bits per heavy atom. The van der Waals surface area contributed by atoms with Crippen LogP contribution >= 0.6 is 0 Å². The fourth-order valence-corrected chi connectivity index (χ4v) is 3.36. The summed E-state index contributed by atoms with van der Waals surface area (Å²) in [7, 11) is 0. The number of ketones is 1. The minimum absolute atomic E-state index is 0.193. The van der Waals surface area contributed by atoms with Crippen molar-refractivity contribution in [2.24, 2.45) is 43.2 Å². The zero-order chi connectivity index (χ0) is 20.8. The van der Waals surface area contributed by atoms with Gasteiger partial charge >= 0.3 is 5.91 Å². The van der Waals surface area contributed by atoms with Gasteiger partial charge in [-0.15, -0.1) is 0 Å². The van der Waals surface area contributed by atoms with Crippen LogP contribution in [0.5, 0.6) is 0 Å². The number of aliphatic imine (C=N–C) groups is 1. The Balaban J connectivity index is 2.74. The van der Waals surface area contributed by atoms with Crippen molar-refractivity contribution in [2.75, 3.05) is 0 Å². The highest BCUT2D eigenvalue weighted by Crippen LogP contribution is 2.79. The minimum atomic E-state index is -2.12. The van der Waals surface area contributed by atoms with Gasteiger partial charge in [0.05, 0.1) is 29.5 Å². The van der Waals surface area contributed by atoms with E-state index in [9.17, 15) is 15.3 Å². The summed E-state index contributed by atoms with van der Waals surface area (Å²) in [6.45, 7) is 11.8. The molecule has 1 heterocycles. The molecule has 0 bridgehead atoms. The Morgan fingerprint density at radius 1 is 1.11 bits per heavy atom. The highest BCUT2D eigenvalue weighted by Gasteiger charge is 2.98. The molecule has 2 rings (SSSR count). The first-order valence-electron chi connectivity index (χ1n) is 8.47. The van der Waals surface area contributed by atoms with Crippen LogP contribution in [0.15, 0.2) is 15.3 Å². The number of carbonyl (C=O) groups is 1. The lowest BCUT2D eigenvalue weighted by Crippen LogP contribution is -2.43. The lowest BCUT2D eigenvalue weighted by Gasteiger charge is -2.28. The molecule has 2 N–H and O–H groups in total. The number of carbonyl (C=O) groups excluding carboxylic acids is 1. The normalized spacial score (nSPS) is 30.0. The number of rotatable bonds is 5. The molecule has 144 valence electrons. The summed E-state index contributed by atoms with van der Waals surface area (Å²) < 4.78 is 0. The summed E-state index contributed by atoms with van der Waals surface area (Å²) in [4.78, 5) is 28.2. The molecular formula is C18H24N6O3. The Kier molecular flexibility index (Phi) is 4.57. The first-order valence-corrected chi connectivity index (χ1v) is 8.47. The summed E-state index contributed by atoms with van der Waals surface area (Å²) in [5.41, 5.74) is 2.83. The fourth-order valence-electron chi connectivity index (χ4n) is 3.36. The van der Waals surface area contributed by atoms with Crippen LogP contribution in [0.3, 0.4) is 0 Å². The van der Waals surface area contributed by atoms with Crippen molar-refractivity contribution in [3.8, 4) is 12.1 Å². The topological polar surface area (TPSA) is 146 Å². The van der Waals surface area contributed by atoms with Crippen molar-refractivity contribution >= 4 is 23.0 Å². The smallest absolute Gasteiger partial charge is 0.386 e. The van der Waals surface area contributed by atoms with Gasteiger partial charge in [0.2, 0.25) is 0 Å². The summed E-state index contributed by atoms with van der Waals surface area (Å²) in [6.07, 6.45) is 0. The first kappa shape index (κ1) is 20.4. The van der Waals surface area contributed by atoms with Gasteiger partial charge in [-0.3, -0.25) is 4.79 Å². The number of nitriles is 2. The Morgan fingerprint density at radius 2 is 1.59 bits per heavy atom. The lowest BCUT2D eigenvalue weighted by molar-refractivity contribution is -0.262. The largest absolute Gasteiger partial charge is 0.421 e. The molecule has 9 nitrogen and oxygen atoms in total.